The molecule has 0 saturated carbocycles. The lowest BCUT2D eigenvalue weighted by Crippen LogP contribution is -2.48. The Balaban J connectivity index is 2.32. The number of ketones is 1. The summed E-state index contributed by atoms with van der Waals surface area (Å²) in [6.07, 6.45) is 1.53. The van der Waals surface area contributed by atoms with Gasteiger partial charge in [0, 0.05) is 6.04 Å². The van der Waals surface area contributed by atoms with Crippen LogP contribution in [0.3, 0.4) is 0 Å². The third-order valence-electron chi connectivity index (χ3n) is 4.53. The SMILES string of the molecule is CC(=O)C1(c2ccc(Br)c(F)c2)CCN(C(C)C)CC1. The molecule has 1 aliphatic heterocycles. The van der Waals surface area contributed by atoms with Gasteiger partial charge in [0.15, 0.2) is 0 Å². The maximum Gasteiger partial charge on any atom is 0.140 e. The van der Waals surface area contributed by atoms with E-state index in [-0.39, 0.29) is 11.6 Å². The Kier molecular flexibility index (Phi) is 4.65. The van der Waals surface area contributed by atoms with Crippen molar-refractivity contribution >= 4 is 21.7 Å². The zero-order valence-corrected chi connectivity index (χ0v) is 13.8. The predicted molar refractivity (Wildman–Crippen MR) is 82.4 cm³/mol. The highest BCUT2D eigenvalue weighted by Gasteiger charge is 2.41. The van der Waals surface area contributed by atoms with Crippen LogP contribution in [0, 0.1) is 5.82 Å². The van der Waals surface area contributed by atoms with Gasteiger partial charge in [-0.15, -0.1) is 0 Å². The second-order valence-electron chi connectivity index (χ2n) is 5.90. The first-order valence-electron chi connectivity index (χ1n) is 7.07. The normalized spacial score (nSPS) is 19.3. The molecule has 0 bridgehead atoms. The van der Waals surface area contributed by atoms with Crippen LogP contribution in [0.15, 0.2) is 22.7 Å². The van der Waals surface area contributed by atoms with Gasteiger partial charge in [0.1, 0.15) is 11.6 Å². The molecule has 1 heterocycles. The lowest BCUT2D eigenvalue weighted by Gasteiger charge is -2.42. The number of piperidine rings is 1. The average Bonchev–Trinajstić information content (AvgIpc) is 2.41. The summed E-state index contributed by atoms with van der Waals surface area (Å²) in [5, 5.41) is 0. The number of carbonyl (C=O) groups excluding carboxylic acids is 1. The topological polar surface area (TPSA) is 20.3 Å². The Morgan fingerprint density at radius 1 is 1.35 bits per heavy atom. The maximum atomic E-state index is 13.8. The molecule has 0 N–H and O–H groups in total. The minimum absolute atomic E-state index is 0.141. The highest BCUT2D eigenvalue weighted by Crippen LogP contribution is 2.38. The molecule has 0 spiro atoms. The van der Waals surface area contributed by atoms with Crippen LogP contribution < -0.4 is 0 Å². The smallest absolute Gasteiger partial charge is 0.140 e. The van der Waals surface area contributed by atoms with Crippen molar-refractivity contribution in [1.82, 2.24) is 4.90 Å². The lowest BCUT2D eigenvalue weighted by atomic mass is 9.70. The van der Waals surface area contributed by atoms with Crippen LogP contribution in [-0.4, -0.2) is 29.8 Å². The fourth-order valence-electron chi connectivity index (χ4n) is 3.06. The summed E-state index contributed by atoms with van der Waals surface area (Å²) in [5.41, 5.74) is 0.293. The van der Waals surface area contributed by atoms with Gasteiger partial charge in [-0.3, -0.25) is 4.79 Å². The number of rotatable bonds is 3. The molecule has 0 atom stereocenters. The number of benzene rings is 1. The summed E-state index contributed by atoms with van der Waals surface area (Å²) in [7, 11) is 0. The van der Waals surface area contributed by atoms with Crippen molar-refractivity contribution in [2.75, 3.05) is 13.1 Å². The molecule has 0 radical (unpaired) electrons. The first kappa shape index (κ1) is 15.6. The fraction of sp³-hybridized carbons (Fsp3) is 0.562. The Hall–Kier alpha value is -0.740. The zero-order valence-electron chi connectivity index (χ0n) is 12.2. The summed E-state index contributed by atoms with van der Waals surface area (Å²) >= 11 is 3.17. The summed E-state index contributed by atoms with van der Waals surface area (Å²) in [6.45, 7) is 7.73. The molecule has 0 aromatic heterocycles. The van der Waals surface area contributed by atoms with E-state index < -0.39 is 5.41 Å². The summed E-state index contributed by atoms with van der Waals surface area (Å²) < 4.78 is 14.2. The quantitative estimate of drug-likeness (QED) is 0.830. The lowest BCUT2D eigenvalue weighted by molar-refractivity contribution is -0.124. The molecule has 1 aliphatic rings. The second-order valence-corrected chi connectivity index (χ2v) is 6.75. The van der Waals surface area contributed by atoms with E-state index in [4.69, 9.17) is 0 Å². The number of carbonyl (C=O) groups is 1. The molecule has 1 aromatic carbocycles. The average molecular weight is 342 g/mol. The Morgan fingerprint density at radius 2 is 1.95 bits per heavy atom. The van der Waals surface area contributed by atoms with Crippen molar-refractivity contribution in [1.29, 1.82) is 0 Å². The first-order chi connectivity index (χ1) is 9.36. The molecule has 1 fully saturated rings. The number of Topliss-reactive ketones (excluding diaryl/α,β-unsaturated/α-hetero) is 1. The van der Waals surface area contributed by atoms with Gasteiger partial charge in [0.05, 0.1) is 9.89 Å². The van der Waals surface area contributed by atoms with E-state index in [1.165, 1.54) is 6.07 Å². The monoisotopic (exact) mass is 341 g/mol. The van der Waals surface area contributed by atoms with Gasteiger partial charge in [-0.1, -0.05) is 6.07 Å². The van der Waals surface area contributed by atoms with Crippen LogP contribution in [-0.2, 0) is 10.2 Å². The van der Waals surface area contributed by atoms with Crippen LogP contribution in [0.1, 0.15) is 39.2 Å². The minimum atomic E-state index is -0.521. The molecule has 20 heavy (non-hydrogen) atoms. The molecule has 0 amide bonds. The number of nitrogens with zero attached hydrogens (tertiary/aromatic N) is 1. The van der Waals surface area contributed by atoms with Crippen LogP contribution in [0.5, 0.6) is 0 Å². The molecule has 2 rings (SSSR count). The van der Waals surface area contributed by atoms with E-state index in [2.05, 4.69) is 34.7 Å². The number of hydrogen-bond acceptors (Lipinski definition) is 2. The molecule has 0 unspecified atom stereocenters. The van der Waals surface area contributed by atoms with Crippen LogP contribution in [0.4, 0.5) is 4.39 Å². The van der Waals surface area contributed by atoms with Crippen molar-refractivity contribution in [3.05, 3.63) is 34.1 Å². The van der Waals surface area contributed by atoms with Gasteiger partial charge in [0.25, 0.3) is 0 Å². The summed E-state index contributed by atoms with van der Waals surface area (Å²) in [6, 6.07) is 5.57. The van der Waals surface area contributed by atoms with E-state index in [0.29, 0.717) is 10.5 Å². The number of halogens is 2. The van der Waals surface area contributed by atoms with Crippen molar-refractivity contribution in [3.63, 3.8) is 0 Å². The van der Waals surface area contributed by atoms with Crippen molar-refractivity contribution in [2.45, 2.75) is 45.1 Å². The van der Waals surface area contributed by atoms with Crippen LogP contribution in [0.25, 0.3) is 0 Å². The van der Waals surface area contributed by atoms with Gasteiger partial charge in [-0.2, -0.15) is 0 Å². The molecule has 1 aromatic rings. The highest BCUT2D eigenvalue weighted by molar-refractivity contribution is 9.10. The van der Waals surface area contributed by atoms with E-state index in [0.717, 1.165) is 31.5 Å². The second kappa shape index (κ2) is 5.94. The zero-order chi connectivity index (χ0) is 14.9. The Morgan fingerprint density at radius 3 is 2.40 bits per heavy atom. The van der Waals surface area contributed by atoms with E-state index in [9.17, 15) is 9.18 Å². The predicted octanol–water partition coefficient (Wildman–Crippen LogP) is 3.92. The molecular weight excluding hydrogens is 321 g/mol. The third kappa shape index (κ3) is 2.82. The van der Waals surface area contributed by atoms with E-state index >= 15 is 0 Å². The largest absolute Gasteiger partial charge is 0.301 e. The minimum Gasteiger partial charge on any atom is -0.301 e. The van der Waals surface area contributed by atoms with Crippen LogP contribution >= 0.6 is 15.9 Å². The number of likely N-dealkylation sites (tertiary alicyclic amines) is 1. The molecular formula is C16H21BrFNO. The summed E-state index contributed by atoms with van der Waals surface area (Å²) in [5.74, 6) is -0.156. The van der Waals surface area contributed by atoms with Gasteiger partial charge in [-0.05, 0) is 80.3 Å². The number of hydrogen-bond donors (Lipinski definition) is 0. The Labute approximate surface area is 128 Å². The molecule has 1 saturated heterocycles. The molecule has 0 aliphatic carbocycles. The van der Waals surface area contributed by atoms with Crippen molar-refractivity contribution < 1.29 is 9.18 Å². The fourth-order valence-corrected chi connectivity index (χ4v) is 3.31. The Bertz CT molecular complexity index is 507. The van der Waals surface area contributed by atoms with Gasteiger partial charge < -0.3 is 4.90 Å². The highest BCUT2D eigenvalue weighted by atomic mass is 79.9. The van der Waals surface area contributed by atoms with E-state index in [1.807, 2.05) is 6.07 Å². The van der Waals surface area contributed by atoms with Gasteiger partial charge in [-0.25, -0.2) is 4.39 Å². The van der Waals surface area contributed by atoms with Crippen LogP contribution in [0.2, 0.25) is 0 Å². The van der Waals surface area contributed by atoms with Gasteiger partial charge in [0.2, 0.25) is 0 Å². The van der Waals surface area contributed by atoms with Gasteiger partial charge >= 0.3 is 0 Å². The van der Waals surface area contributed by atoms with Crippen molar-refractivity contribution in [3.8, 4) is 0 Å². The molecule has 2 nitrogen and oxygen atoms in total. The standard InChI is InChI=1S/C16H21BrFNO/c1-11(2)19-8-6-16(7-9-19,12(3)20)13-4-5-14(17)15(18)10-13/h4-5,10-11H,6-9H2,1-3H3. The maximum absolute atomic E-state index is 13.8. The summed E-state index contributed by atoms with van der Waals surface area (Å²) in [4.78, 5) is 14.6. The van der Waals surface area contributed by atoms with Crippen molar-refractivity contribution in [2.24, 2.45) is 0 Å². The first-order valence-corrected chi connectivity index (χ1v) is 7.87. The molecule has 4 heteroatoms. The third-order valence-corrected chi connectivity index (χ3v) is 5.17. The van der Waals surface area contributed by atoms with E-state index in [1.54, 1.807) is 13.0 Å². The molecule has 110 valence electrons.